The molecule has 2 aromatic rings. The molecular weight excluding hydrogens is 316 g/mol. The molecule has 1 aliphatic rings. The number of hydrogen-bond donors (Lipinski definition) is 1. The quantitative estimate of drug-likeness (QED) is 0.883. The van der Waals surface area contributed by atoms with Crippen LogP contribution in [0.5, 0.6) is 17.2 Å². The molecule has 25 heavy (non-hydrogen) atoms. The van der Waals surface area contributed by atoms with Crippen molar-refractivity contribution in [3.63, 3.8) is 0 Å². The predicted molar refractivity (Wildman–Crippen MR) is 95.6 cm³/mol. The fourth-order valence-corrected chi connectivity index (χ4v) is 2.50. The van der Waals surface area contributed by atoms with Gasteiger partial charge in [-0.3, -0.25) is 4.79 Å². The van der Waals surface area contributed by atoms with Gasteiger partial charge >= 0.3 is 0 Å². The summed E-state index contributed by atoms with van der Waals surface area (Å²) in [5.74, 6) is 2.14. The van der Waals surface area contributed by atoms with Crippen LogP contribution < -0.4 is 9.47 Å². The Morgan fingerprint density at radius 1 is 1.16 bits per heavy atom. The summed E-state index contributed by atoms with van der Waals surface area (Å²) >= 11 is 0. The van der Waals surface area contributed by atoms with Crippen molar-refractivity contribution in [2.75, 3.05) is 0 Å². The Labute approximate surface area is 147 Å². The Hall–Kier alpha value is -3.01. The van der Waals surface area contributed by atoms with Crippen LogP contribution in [0.1, 0.15) is 18.1 Å². The van der Waals surface area contributed by atoms with E-state index in [1.807, 2.05) is 44.2 Å². The first-order valence-electron chi connectivity index (χ1n) is 8.14. The molecule has 1 N–H and O–H groups in total. The van der Waals surface area contributed by atoms with Gasteiger partial charge in [0.15, 0.2) is 5.78 Å². The van der Waals surface area contributed by atoms with E-state index in [0.717, 1.165) is 11.1 Å². The summed E-state index contributed by atoms with van der Waals surface area (Å²) in [6, 6.07) is 12.5. The Morgan fingerprint density at radius 3 is 2.80 bits per heavy atom. The van der Waals surface area contributed by atoms with Crippen LogP contribution in [0.2, 0.25) is 0 Å². The third-order valence-electron chi connectivity index (χ3n) is 3.99. The number of hydrogen-bond acceptors (Lipinski definition) is 4. The lowest BCUT2D eigenvalue weighted by Gasteiger charge is -2.18. The molecule has 0 fully saturated rings. The van der Waals surface area contributed by atoms with Crippen LogP contribution >= 0.6 is 0 Å². The summed E-state index contributed by atoms with van der Waals surface area (Å²) in [7, 11) is 0. The number of ketones is 1. The zero-order valence-electron chi connectivity index (χ0n) is 14.2. The second-order valence-corrected chi connectivity index (χ2v) is 6.08. The van der Waals surface area contributed by atoms with E-state index < -0.39 is 0 Å². The second-order valence-electron chi connectivity index (χ2n) is 6.08. The minimum Gasteiger partial charge on any atom is -0.508 e. The van der Waals surface area contributed by atoms with Gasteiger partial charge in [0.05, 0.1) is 0 Å². The van der Waals surface area contributed by atoms with Crippen LogP contribution in [0.15, 0.2) is 66.5 Å². The average molecular weight is 336 g/mol. The van der Waals surface area contributed by atoms with Crippen LogP contribution in [0, 0.1) is 12.8 Å². The van der Waals surface area contributed by atoms with Crippen molar-refractivity contribution in [2.45, 2.75) is 20.5 Å². The van der Waals surface area contributed by atoms with Crippen molar-refractivity contribution in [1.82, 2.24) is 0 Å². The summed E-state index contributed by atoms with van der Waals surface area (Å²) in [6.07, 6.45) is 4.90. The van der Waals surface area contributed by atoms with E-state index >= 15 is 0 Å². The topological polar surface area (TPSA) is 55.8 Å². The van der Waals surface area contributed by atoms with Crippen LogP contribution in [0.3, 0.4) is 0 Å². The molecule has 4 nitrogen and oxygen atoms in total. The number of benzene rings is 2. The second kappa shape index (κ2) is 7.26. The molecule has 0 aliphatic heterocycles. The lowest BCUT2D eigenvalue weighted by molar-refractivity contribution is -0.110. The molecule has 0 bridgehead atoms. The highest BCUT2D eigenvalue weighted by Crippen LogP contribution is 2.29. The highest BCUT2D eigenvalue weighted by Gasteiger charge is 2.16. The van der Waals surface area contributed by atoms with Gasteiger partial charge in [-0.2, -0.15) is 0 Å². The molecule has 0 spiro atoms. The molecule has 4 heteroatoms. The van der Waals surface area contributed by atoms with Crippen molar-refractivity contribution < 1.29 is 19.4 Å². The Bertz CT molecular complexity index is 849. The molecule has 0 amide bonds. The van der Waals surface area contributed by atoms with Crippen LogP contribution in [-0.4, -0.2) is 10.9 Å². The molecule has 0 radical (unpaired) electrons. The molecular formula is C21H20O4. The maximum Gasteiger partial charge on any atom is 0.181 e. The lowest BCUT2D eigenvalue weighted by atomic mass is 10.0. The van der Waals surface area contributed by atoms with Gasteiger partial charge in [0.25, 0.3) is 0 Å². The van der Waals surface area contributed by atoms with E-state index in [9.17, 15) is 9.90 Å². The largest absolute Gasteiger partial charge is 0.508 e. The highest BCUT2D eigenvalue weighted by molar-refractivity contribution is 6.00. The summed E-state index contributed by atoms with van der Waals surface area (Å²) in [6.45, 7) is 4.27. The molecule has 1 atom stereocenters. The summed E-state index contributed by atoms with van der Waals surface area (Å²) in [5.41, 5.74) is 1.84. The summed E-state index contributed by atoms with van der Waals surface area (Å²) in [5, 5.41) is 9.50. The van der Waals surface area contributed by atoms with Crippen molar-refractivity contribution >= 4 is 5.78 Å². The molecule has 0 heterocycles. The van der Waals surface area contributed by atoms with Gasteiger partial charge in [0.1, 0.15) is 29.6 Å². The van der Waals surface area contributed by atoms with Crippen molar-refractivity contribution in [1.29, 1.82) is 0 Å². The number of phenols is 1. The van der Waals surface area contributed by atoms with Gasteiger partial charge in [-0.15, -0.1) is 0 Å². The standard InChI is InChI=1S/C21H20O4/c1-14-6-8-18(23)11-20(14)25-21-12-19(9-7-15(21)2)24-13-16-4-3-5-17(22)10-16/h3-12,14,22H,13H2,1-2H3. The summed E-state index contributed by atoms with van der Waals surface area (Å²) in [4.78, 5) is 11.6. The molecule has 1 aliphatic carbocycles. The number of ether oxygens (including phenoxy) is 2. The van der Waals surface area contributed by atoms with Crippen molar-refractivity contribution in [3.8, 4) is 17.2 Å². The molecule has 0 aromatic heterocycles. The van der Waals surface area contributed by atoms with Gasteiger partial charge < -0.3 is 14.6 Å². The third kappa shape index (κ3) is 4.29. The minimum absolute atomic E-state index is 0.0500. The molecule has 0 saturated heterocycles. The number of allylic oxidation sites excluding steroid dienone is 3. The number of rotatable bonds is 5. The average Bonchev–Trinajstić information content (AvgIpc) is 2.59. The summed E-state index contributed by atoms with van der Waals surface area (Å²) < 4.78 is 11.7. The smallest absolute Gasteiger partial charge is 0.181 e. The Balaban J connectivity index is 1.73. The maximum absolute atomic E-state index is 11.6. The number of aryl methyl sites for hydroxylation is 1. The molecule has 1 unspecified atom stereocenters. The van der Waals surface area contributed by atoms with E-state index in [1.54, 1.807) is 24.3 Å². The van der Waals surface area contributed by atoms with Gasteiger partial charge in [-0.1, -0.05) is 31.2 Å². The van der Waals surface area contributed by atoms with E-state index in [2.05, 4.69) is 0 Å². The van der Waals surface area contributed by atoms with E-state index in [4.69, 9.17) is 9.47 Å². The highest BCUT2D eigenvalue weighted by atomic mass is 16.5. The zero-order valence-corrected chi connectivity index (χ0v) is 14.2. The van der Waals surface area contributed by atoms with Gasteiger partial charge in [-0.05, 0) is 42.3 Å². The molecule has 0 saturated carbocycles. The molecule has 128 valence electrons. The van der Waals surface area contributed by atoms with Crippen molar-refractivity contribution in [3.05, 3.63) is 77.6 Å². The molecule has 2 aromatic carbocycles. The maximum atomic E-state index is 11.6. The van der Waals surface area contributed by atoms with Crippen LogP contribution in [0.4, 0.5) is 0 Å². The van der Waals surface area contributed by atoms with Crippen LogP contribution in [0.25, 0.3) is 0 Å². The van der Waals surface area contributed by atoms with Gasteiger partial charge in [-0.25, -0.2) is 0 Å². The number of aromatic hydroxyl groups is 1. The SMILES string of the molecule is Cc1ccc(OCc2cccc(O)c2)cc1OC1=CC(=O)C=CC1C. The fourth-order valence-electron chi connectivity index (χ4n) is 2.50. The van der Waals surface area contributed by atoms with Gasteiger partial charge in [0.2, 0.25) is 0 Å². The third-order valence-corrected chi connectivity index (χ3v) is 3.99. The van der Waals surface area contributed by atoms with Crippen LogP contribution in [-0.2, 0) is 11.4 Å². The lowest BCUT2D eigenvalue weighted by Crippen LogP contribution is -2.11. The predicted octanol–water partition coefficient (Wildman–Crippen LogP) is 4.32. The normalized spacial score (nSPS) is 16.5. The Kier molecular flexibility index (Phi) is 4.89. The monoisotopic (exact) mass is 336 g/mol. The first kappa shape index (κ1) is 16.8. The van der Waals surface area contributed by atoms with E-state index in [1.165, 1.54) is 6.08 Å². The first-order chi connectivity index (χ1) is 12.0. The minimum atomic E-state index is -0.0676. The number of carbonyl (C=O) groups is 1. The van der Waals surface area contributed by atoms with Crippen molar-refractivity contribution in [2.24, 2.45) is 5.92 Å². The number of phenolic OH excluding ortho intramolecular Hbond substituents is 1. The first-order valence-corrected chi connectivity index (χ1v) is 8.14. The molecule has 3 rings (SSSR count). The number of carbonyl (C=O) groups excluding carboxylic acids is 1. The zero-order chi connectivity index (χ0) is 17.8. The fraction of sp³-hybridized carbons (Fsp3) is 0.190. The van der Waals surface area contributed by atoms with Gasteiger partial charge in [0, 0.05) is 18.1 Å². The van der Waals surface area contributed by atoms with E-state index in [-0.39, 0.29) is 17.5 Å². The Morgan fingerprint density at radius 2 is 2.00 bits per heavy atom. The van der Waals surface area contributed by atoms with E-state index in [0.29, 0.717) is 23.9 Å².